The van der Waals surface area contributed by atoms with Crippen molar-refractivity contribution in [3.05, 3.63) is 12.4 Å². The molecule has 6 heteroatoms. The fraction of sp³-hybridized carbons (Fsp3) is 0.750. The monoisotopic (exact) mass is 251 g/mol. The maximum Gasteiger partial charge on any atom is 0.224 e. The van der Waals surface area contributed by atoms with Crippen molar-refractivity contribution in [2.75, 3.05) is 6.54 Å². The molecule has 1 aromatic heterocycles. The van der Waals surface area contributed by atoms with Crippen LogP contribution in [0.5, 0.6) is 0 Å². The first kappa shape index (κ1) is 13.0. The predicted octanol–water partition coefficient (Wildman–Crippen LogP) is 0.302. The van der Waals surface area contributed by atoms with Crippen molar-refractivity contribution in [2.45, 2.75) is 44.7 Å². The van der Waals surface area contributed by atoms with E-state index in [0.717, 1.165) is 25.7 Å². The molecule has 0 radical (unpaired) electrons. The summed E-state index contributed by atoms with van der Waals surface area (Å²) in [5.41, 5.74) is 6.06. The first-order valence-corrected chi connectivity index (χ1v) is 6.65. The van der Waals surface area contributed by atoms with Crippen LogP contribution in [0.25, 0.3) is 0 Å². The number of carbonyl (C=O) groups is 1. The lowest BCUT2D eigenvalue weighted by Gasteiger charge is -2.20. The molecule has 2 rings (SSSR count). The number of carbonyl (C=O) groups excluding carboxylic acids is 1. The molecule has 0 spiro atoms. The number of hydrogen-bond acceptors (Lipinski definition) is 4. The van der Waals surface area contributed by atoms with E-state index in [-0.39, 0.29) is 17.9 Å². The van der Waals surface area contributed by atoms with E-state index in [1.807, 2.05) is 0 Å². The van der Waals surface area contributed by atoms with Gasteiger partial charge >= 0.3 is 0 Å². The molecular formula is C12H21N5O. The smallest absolute Gasteiger partial charge is 0.224 e. The topological polar surface area (TPSA) is 85.8 Å². The second-order valence-electron chi connectivity index (χ2n) is 4.87. The summed E-state index contributed by atoms with van der Waals surface area (Å²) in [5.74, 6) is 0.0627. The van der Waals surface area contributed by atoms with Crippen LogP contribution in [-0.2, 0) is 11.3 Å². The molecule has 0 aromatic carbocycles. The summed E-state index contributed by atoms with van der Waals surface area (Å²) in [5, 5.41) is 10.5. The quantitative estimate of drug-likeness (QED) is 0.754. The minimum absolute atomic E-state index is 0.0128. The van der Waals surface area contributed by atoms with Crippen LogP contribution in [0.3, 0.4) is 0 Å². The minimum Gasteiger partial charge on any atom is -0.354 e. The lowest BCUT2D eigenvalue weighted by molar-refractivity contribution is -0.125. The zero-order chi connectivity index (χ0) is 12.8. The first-order chi connectivity index (χ1) is 8.77. The van der Waals surface area contributed by atoms with Gasteiger partial charge in [-0.2, -0.15) is 0 Å². The lowest BCUT2D eigenvalue weighted by atomic mass is 9.95. The van der Waals surface area contributed by atoms with Gasteiger partial charge in [-0.1, -0.05) is 24.5 Å². The van der Waals surface area contributed by atoms with Gasteiger partial charge < -0.3 is 11.1 Å². The van der Waals surface area contributed by atoms with Gasteiger partial charge in [-0.05, 0) is 12.8 Å². The van der Waals surface area contributed by atoms with E-state index in [1.165, 1.54) is 6.42 Å². The van der Waals surface area contributed by atoms with Gasteiger partial charge in [0.05, 0.1) is 18.7 Å². The third-order valence-corrected chi connectivity index (χ3v) is 3.52. The van der Waals surface area contributed by atoms with Gasteiger partial charge in [0.1, 0.15) is 0 Å². The fourth-order valence-electron chi connectivity index (χ4n) is 2.44. The first-order valence-electron chi connectivity index (χ1n) is 6.65. The predicted molar refractivity (Wildman–Crippen MR) is 67.6 cm³/mol. The number of rotatable bonds is 4. The highest BCUT2D eigenvalue weighted by atomic mass is 16.1. The summed E-state index contributed by atoms with van der Waals surface area (Å²) in [6.07, 6.45) is 8.72. The number of nitrogens with two attached hydrogens (primary N) is 1. The van der Waals surface area contributed by atoms with Crippen molar-refractivity contribution < 1.29 is 4.79 Å². The Balaban J connectivity index is 1.76. The Morgan fingerprint density at radius 2 is 2.22 bits per heavy atom. The van der Waals surface area contributed by atoms with E-state index < -0.39 is 0 Å². The van der Waals surface area contributed by atoms with E-state index >= 15 is 0 Å². The Morgan fingerprint density at radius 3 is 3.00 bits per heavy atom. The highest BCUT2D eigenvalue weighted by Crippen LogP contribution is 2.22. The molecular weight excluding hydrogens is 230 g/mol. The molecule has 6 nitrogen and oxygen atoms in total. The molecule has 1 aliphatic rings. The second kappa shape index (κ2) is 6.49. The standard InChI is InChI=1S/C12H21N5O/c13-11-5-3-1-2-4-10(11)12(18)14-6-8-17-9-7-15-16-17/h7,9-11H,1-6,8,13H2,(H,14,18). The van der Waals surface area contributed by atoms with Crippen LogP contribution in [0.1, 0.15) is 32.1 Å². The zero-order valence-corrected chi connectivity index (χ0v) is 10.6. The molecule has 1 amide bonds. The largest absolute Gasteiger partial charge is 0.354 e. The van der Waals surface area contributed by atoms with E-state index in [0.29, 0.717) is 13.1 Å². The molecule has 2 unspecified atom stereocenters. The van der Waals surface area contributed by atoms with Crippen LogP contribution < -0.4 is 11.1 Å². The summed E-state index contributed by atoms with van der Waals surface area (Å²) < 4.78 is 1.70. The number of nitrogens with one attached hydrogen (secondary N) is 1. The average Bonchev–Trinajstić information content (AvgIpc) is 2.77. The Kier molecular flexibility index (Phi) is 4.69. The van der Waals surface area contributed by atoms with Crippen LogP contribution in [0.15, 0.2) is 12.4 Å². The Morgan fingerprint density at radius 1 is 1.39 bits per heavy atom. The van der Waals surface area contributed by atoms with Gasteiger partial charge in [0.25, 0.3) is 0 Å². The zero-order valence-electron chi connectivity index (χ0n) is 10.6. The molecule has 0 bridgehead atoms. The van der Waals surface area contributed by atoms with Crippen molar-refractivity contribution >= 4 is 5.91 Å². The second-order valence-corrected chi connectivity index (χ2v) is 4.87. The fourth-order valence-corrected chi connectivity index (χ4v) is 2.44. The SMILES string of the molecule is NC1CCCCCC1C(=O)NCCn1ccnn1. The summed E-state index contributed by atoms with van der Waals surface area (Å²) in [6.45, 7) is 1.22. The third-order valence-electron chi connectivity index (χ3n) is 3.52. The number of hydrogen-bond donors (Lipinski definition) is 2. The van der Waals surface area contributed by atoms with Crippen molar-refractivity contribution in [3.8, 4) is 0 Å². The molecule has 0 saturated heterocycles. The van der Waals surface area contributed by atoms with Gasteiger partial charge in [0.2, 0.25) is 5.91 Å². The van der Waals surface area contributed by atoms with Gasteiger partial charge in [0.15, 0.2) is 0 Å². The molecule has 1 saturated carbocycles. The van der Waals surface area contributed by atoms with Crippen LogP contribution in [0.4, 0.5) is 0 Å². The molecule has 2 atom stereocenters. The van der Waals surface area contributed by atoms with E-state index in [1.54, 1.807) is 17.1 Å². The summed E-state index contributed by atoms with van der Waals surface area (Å²) >= 11 is 0. The maximum atomic E-state index is 12.1. The minimum atomic E-state index is -0.0248. The molecule has 1 fully saturated rings. The van der Waals surface area contributed by atoms with Crippen molar-refractivity contribution in [1.29, 1.82) is 0 Å². The molecule has 1 heterocycles. The molecule has 3 N–H and O–H groups in total. The average molecular weight is 251 g/mol. The normalized spacial score (nSPS) is 24.5. The molecule has 100 valence electrons. The Labute approximate surface area is 107 Å². The van der Waals surface area contributed by atoms with Gasteiger partial charge in [-0.3, -0.25) is 9.48 Å². The van der Waals surface area contributed by atoms with Gasteiger partial charge in [0, 0.05) is 18.8 Å². The van der Waals surface area contributed by atoms with E-state index in [4.69, 9.17) is 5.73 Å². The summed E-state index contributed by atoms with van der Waals surface area (Å²) in [6, 6.07) is 0.0128. The molecule has 0 aliphatic heterocycles. The summed E-state index contributed by atoms with van der Waals surface area (Å²) in [4.78, 5) is 12.1. The number of nitrogens with zero attached hydrogens (tertiary/aromatic N) is 3. The van der Waals surface area contributed by atoms with Crippen LogP contribution >= 0.6 is 0 Å². The highest BCUT2D eigenvalue weighted by molar-refractivity contribution is 5.79. The third kappa shape index (κ3) is 3.53. The highest BCUT2D eigenvalue weighted by Gasteiger charge is 2.26. The van der Waals surface area contributed by atoms with Crippen LogP contribution in [-0.4, -0.2) is 33.5 Å². The van der Waals surface area contributed by atoms with Crippen molar-refractivity contribution in [3.63, 3.8) is 0 Å². The molecule has 1 aliphatic carbocycles. The van der Waals surface area contributed by atoms with Crippen molar-refractivity contribution in [2.24, 2.45) is 11.7 Å². The van der Waals surface area contributed by atoms with Crippen molar-refractivity contribution in [1.82, 2.24) is 20.3 Å². The molecule has 1 aromatic rings. The van der Waals surface area contributed by atoms with E-state index in [2.05, 4.69) is 15.6 Å². The van der Waals surface area contributed by atoms with Gasteiger partial charge in [-0.15, -0.1) is 5.10 Å². The maximum absolute atomic E-state index is 12.1. The van der Waals surface area contributed by atoms with Gasteiger partial charge in [-0.25, -0.2) is 0 Å². The van der Waals surface area contributed by atoms with E-state index in [9.17, 15) is 4.79 Å². The lowest BCUT2D eigenvalue weighted by Crippen LogP contribution is -2.42. The van der Waals surface area contributed by atoms with Crippen LogP contribution in [0.2, 0.25) is 0 Å². The summed E-state index contributed by atoms with van der Waals surface area (Å²) in [7, 11) is 0. The molecule has 18 heavy (non-hydrogen) atoms. The Bertz CT molecular complexity index is 365. The number of amides is 1. The van der Waals surface area contributed by atoms with Crippen LogP contribution in [0, 0.1) is 5.92 Å². The number of aromatic nitrogens is 3. The Hall–Kier alpha value is -1.43.